The molecule has 0 saturated carbocycles. The summed E-state index contributed by atoms with van der Waals surface area (Å²) in [6.07, 6.45) is 3.24. The third kappa shape index (κ3) is 7.58. The van der Waals surface area contributed by atoms with E-state index in [9.17, 15) is 4.79 Å². The number of thiazole rings is 1. The summed E-state index contributed by atoms with van der Waals surface area (Å²) >= 11 is 14.7. The molecule has 0 saturated heterocycles. The average molecular weight is 575 g/mol. The molecule has 4 rings (SSSR count). The Morgan fingerprint density at radius 3 is 2.73 bits per heavy atom. The number of rotatable bonds is 12. The van der Waals surface area contributed by atoms with Crippen molar-refractivity contribution in [3.63, 3.8) is 0 Å². The van der Waals surface area contributed by atoms with Crippen LogP contribution in [0.1, 0.15) is 17.8 Å². The monoisotopic (exact) mass is 573 g/mol. The molecule has 7 nitrogen and oxygen atoms in total. The Morgan fingerprint density at radius 2 is 1.97 bits per heavy atom. The fraction of sp³-hybridized carbons (Fsp3) is 0.231. The smallest absolute Gasteiger partial charge is 0.236 e. The van der Waals surface area contributed by atoms with Crippen molar-refractivity contribution in [3.05, 3.63) is 81.9 Å². The van der Waals surface area contributed by atoms with Gasteiger partial charge in [-0.1, -0.05) is 53.2 Å². The molecule has 1 amide bonds. The lowest BCUT2D eigenvalue weighted by Crippen LogP contribution is -2.14. The number of ether oxygens (including phenoxy) is 1. The summed E-state index contributed by atoms with van der Waals surface area (Å²) in [7, 11) is 0. The number of anilines is 1. The molecule has 0 bridgehead atoms. The first kappa shape index (κ1) is 27.2. The molecular formula is C26H25Cl2N5O2S2. The van der Waals surface area contributed by atoms with Gasteiger partial charge >= 0.3 is 0 Å². The highest BCUT2D eigenvalue weighted by Crippen LogP contribution is 2.27. The molecule has 192 valence electrons. The number of carbonyl (C=O) groups excluding carboxylic acids is 1. The fourth-order valence-corrected chi connectivity index (χ4v) is 5.34. The van der Waals surface area contributed by atoms with Gasteiger partial charge in [0.05, 0.1) is 18.1 Å². The van der Waals surface area contributed by atoms with Crippen molar-refractivity contribution >= 4 is 57.3 Å². The molecule has 1 N–H and O–H groups in total. The zero-order chi connectivity index (χ0) is 26.2. The predicted octanol–water partition coefficient (Wildman–Crippen LogP) is 6.95. The first-order valence-corrected chi connectivity index (χ1v) is 14.1. The first-order chi connectivity index (χ1) is 17.9. The van der Waals surface area contributed by atoms with Crippen molar-refractivity contribution in [3.8, 4) is 17.0 Å². The van der Waals surface area contributed by atoms with E-state index < -0.39 is 0 Å². The minimum absolute atomic E-state index is 0.163. The van der Waals surface area contributed by atoms with E-state index in [1.807, 2.05) is 59.3 Å². The molecule has 0 spiro atoms. The maximum atomic E-state index is 12.6. The molecule has 0 unspecified atom stereocenters. The maximum absolute atomic E-state index is 12.6. The number of aromatic nitrogens is 4. The number of halogens is 2. The number of nitrogens with zero attached hydrogens (tertiary/aromatic N) is 4. The normalized spacial score (nSPS) is 10.9. The quantitative estimate of drug-likeness (QED) is 0.112. The number of benzene rings is 2. The van der Waals surface area contributed by atoms with Gasteiger partial charge in [-0.15, -0.1) is 28.1 Å². The lowest BCUT2D eigenvalue weighted by atomic mass is 10.2. The van der Waals surface area contributed by atoms with Crippen molar-refractivity contribution < 1.29 is 9.53 Å². The van der Waals surface area contributed by atoms with Crippen LogP contribution in [0.4, 0.5) is 5.13 Å². The Hall–Kier alpha value is -2.85. The number of aryl methyl sites for hydroxylation is 2. The molecule has 2 aromatic heterocycles. The second kappa shape index (κ2) is 13.1. The van der Waals surface area contributed by atoms with E-state index in [0.717, 1.165) is 34.8 Å². The van der Waals surface area contributed by atoms with Gasteiger partial charge in [-0.25, -0.2) is 4.98 Å². The molecule has 0 radical (unpaired) electrons. The van der Waals surface area contributed by atoms with Crippen molar-refractivity contribution in [1.82, 2.24) is 19.7 Å². The van der Waals surface area contributed by atoms with Crippen molar-refractivity contribution in [2.45, 2.75) is 31.5 Å². The molecule has 2 heterocycles. The van der Waals surface area contributed by atoms with Crippen molar-refractivity contribution in [1.29, 1.82) is 0 Å². The molecule has 2 aromatic carbocycles. The Kier molecular flexibility index (Phi) is 9.62. The Labute approximate surface area is 233 Å². The van der Waals surface area contributed by atoms with Gasteiger partial charge in [0.15, 0.2) is 10.3 Å². The minimum Gasteiger partial charge on any atom is -0.493 e. The van der Waals surface area contributed by atoms with E-state index in [1.54, 1.807) is 6.08 Å². The third-order valence-electron chi connectivity index (χ3n) is 5.27. The Bertz CT molecular complexity index is 1370. The van der Waals surface area contributed by atoms with E-state index in [0.29, 0.717) is 39.9 Å². The molecule has 0 aliphatic heterocycles. The number of hydrogen-bond donors (Lipinski definition) is 1. The van der Waals surface area contributed by atoms with Crippen LogP contribution >= 0.6 is 46.3 Å². The number of amides is 1. The second-order valence-corrected chi connectivity index (χ2v) is 10.7. The fourth-order valence-electron chi connectivity index (χ4n) is 3.48. The molecule has 11 heteroatoms. The zero-order valence-electron chi connectivity index (χ0n) is 20.1. The van der Waals surface area contributed by atoms with E-state index in [4.69, 9.17) is 27.9 Å². The highest BCUT2D eigenvalue weighted by atomic mass is 35.5. The van der Waals surface area contributed by atoms with Gasteiger partial charge in [-0.3, -0.25) is 4.79 Å². The number of nitrogens with one attached hydrogen (secondary N) is 1. The van der Waals surface area contributed by atoms with E-state index in [1.165, 1.54) is 23.1 Å². The standard InChI is InChI=1S/C26H25Cl2N5O2S2/c1-3-12-33-23(5-4-13-35-22-11-10-20(28)14-17(22)2)31-32-26(33)37-16-24(34)30-25-29-21(15-36-25)18-6-8-19(27)9-7-18/h3,6-11,14-15H,1,4-5,12-13,16H2,2H3,(H,29,30,34). The lowest BCUT2D eigenvalue weighted by molar-refractivity contribution is -0.113. The summed E-state index contributed by atoms with van der Waals surface area (Å²) in [5, 5.41) is 15.9. The predicted molar refractivity (Wildman–Crippen MR) is 152 cm³/mol. The molecule has 37 heavy (non-hydrogen) atoms. The van der Waals surface area contributed by atoms with Crippen LogP contribution < -0.4 is 10.1 Å². The highest BCUT2D eigenvalue weighted by Gasteiger charge is 2.15. The van der Waals surface area contributed by atoms with Crippen LogP contribution in [-0.4, -0.2) is 38.0 Å². The molecular weight excluding hydrogens is 549 g/mol. The molecule has 0 aliphatic carbocycles. The van der Waals surface area contributed by atoms with Gasteiger partial charge in [0.2, 0.25) is 5.91 Å². The van der Waals surface area contributed by atoms with Crippen LogP contribution in [0.3, 0.4) is 0 Å². The van der Waals surface area contributed by atoms with Crippen LogP contribution in [0.25, 0.3) is 11.3 Å². The van der Waals surface area contributed by atoms with Gasteiger partial charge in [-0.2, -0.15) is 0 Å². The van der Waals surface area contributed by atoms with Crippen molar-refractivity contribution in [2.24, 2.45) is 0 Å². The summed E-state index contributed by atoms with van der Waals surface area (Å²) in [5.74, 6) is 1.67. The van der Waals surface area contributed by atoms with Crippen LogP contribution in [-0.2, 0) is 17.8 Å². The van der Waals surface area contributed by atoms with E-state index >= 15 is 0 Å². The second-order valence-electron chi connectivity index (χ2n) is 8.04. The topological polar surface area (TPSA) is 81.9 Å². The zero-order valence-corrected chi connectivity index (χ0v) is 23.3. The van der Waals surface area contributed by atoms with Crippen LogP contribution in [0, 0.1) is 6.92 Å². The van der Waals surface area contributed by atoms with Crippen LogP contribution in [0.2, 0.25) is 10.0 Å². The summed E-state index contributed by atoms with van der Waals surface area (Å²) in [6, 6.07) is 13.0. The number of thioether (sulfide) groups is 1. The maximum Gasteiger partial charge on any atom is 0.236 e. The molecule has 0 atom stereocenters. The Morgan fingerprint density at radius 1 is 1.19 bits per heavy atom. The van der Waals surface area contributed by atoms with Gasteiger partial charge in [0, 0.05) is 34.0 Å². The van der Waals surface area contributed by atoms with Gasteiger partial charge in [-0.05, 0) is 49.2 Å². The number of carbonyl (C=O) groups is 1. The van der Waals surface area contributed by atoms with Gasteiger partial charge in [0.1, 0.15) is 11.6 Å². The SMILES string of the molecule is C=CCn1c(CCCOc2ccc(Cl)cc2C)nnc1SCC(=O)Nc1nc(-c2ccc(Cl)cc2)cs1. The molecule has 0 aliphatic rings. The van der Waals surface area contributed by atoms with Crippen LogP contribution in [0.15, 0.2) is 65.7 Å². The highest BCUT2D eigenvalue weighted by molar-refractivity contribution is 7.99. The third-order valence-corrected chi connectivity index (χ3v) is 7.48. The summed E-state index contributed by atoms with van der Waals surface area (Å²) in [4.78, 5) is 17.1. The number of allylic oxidation sites excluding steroid dienone is 1. The largest absolute Gasteiger partial charge is 0.493 e. The van der Waals surface area contributed by atoms with Gasteiger partial charge < -0.3 is 14.6 Å². The van der Waals surface area contributed by atoms with E-state index in [-0.39, 0.29) is 11.7 Å². The molecule has 0 fully saturated rings. The molecule has 4 aromatic rings. The minimum atomic E-state index is -0.163. The first-order valence-electron chi connectivity index (χ1n) is 11.5. The summed E-state index contributed by atoms with van der Waals surface area (Å²) < 4.78 is 7.86. The van der Waals surface area contributed by atoms with Crippen LogP contribution in [0.5, 0.6) is 5.75 Å². The number of hydrogen-bond acceptors (Lipinski definition) is 7. The summed E-state index contributed by atoms with van der Waals surface area (Å²) in [6.45, 7) is 6.90. The summed E-state index contributed by atoms with van der Waals surface area (Å²) in [5.41, 5.74) is 2.72. The van der Waals surface area contributed by atoms with Crippen molar-refractivity contribution in [2.75, 3.05) is 17.7 Å². The average Bonchev–Trinajstić information content (AvgIpc) is 3.49. The Balaban J connectivity index is 1.28. The van der Waals surface area contributed by atoms with Gasteiger partial charge in [0.25, 0.3) is 0 Å². The lowest BCUT2D eigenvalue weighted by Gasteiger charge is -2.10. The van der Waals surface area contributed by atoms with E-state index in [2.05, 4.69) is 27.1 Å².